The Kier molecular flexibility index (Phi) is 2.85. The van der Waals surface area contributed by atoms with E-state index in [1.807, 2.05) is 6.07 Å². The molecule has 0 N–H and O–H groups in total. The van der Waals surface area contributed by atoms with Crippen molar-refractivity contribution in [1.82, 2.24) is 5.06 Å². The van der Waals surface area contributed by atoms with E-state index < -0.39 is 0 Å². The summed E-state index contributed by atoms with van der Waals surface area (Å²) in [6.45, 7) is 1.43. The molecule has 17 heavy (non-hydrogen) atoms. The highest BCUT2D eigenvalue weighted by Gasteiger charge is 2.31. The van der Waals surface area contributed by atoms with Gasteiger partial charge in [-0.05, 0) is 36.8 Å². The first-order valence-electron chi connectivity index (χ1n) is 6.38. The van der Waals surface area contributed by atoms with Crippen LogP contribution in [0.25, 0.3) is 0 Å². The molecule has 1 amide bonds. The maximum Gasteiger partial charge on any atom is 0.253 e. The predicted octanol–water partition coefficient (Wildman–Crippen LogP) is 2.27. The van der Waals surface area contributed by atoms with Crippen molar-refractivity contribution >= 4 is 5.91 Å². The monoisotopic (exact) mass is 231 g/mol. The number of nitrogens with zero attached hydrogens (tertiary/aromatic N) is 1. The quantitative estimate of drug-likeness (QED) is 0.742. The third-order valence-electron chi connectivity index (χ3n) is 3.67. The highest BCUT2D eigenvalue weighted by molar-refractivity contribution is 5.83. The zero-order chi connectivity index (χ0) is 11.7. The van der Waals surface area contributed by atoms with Crippen LogP contribution in [0.1, 0.15) is 36.3 Å². The van der Waals surface area contributed by atoms with Crippen molar-refractivity contribution in [3.63, 3.8) is 0 Å². The van der Waals surface area contributed by atoms with E-state index in [2.05, 4.69) is 18.2 Å². The average Bonchev–Trinajstić information content (AvgIpc) is 2.91. The summed E-state index contributed by atoms with van der Waals surface area (Å²) in [7, 11) is 0. The van der Waals surface area contributed by atoms with Gasteiger partial charge in [0.15, 0.2) is 0 Å². The SMILES string of the molecule is O=C(C1CCCc2ccccc21)N1CCCO1. The summed E-state index contributed by atoms with van der Waals surface area (Å²) in [6.07, 6.45) is 4.11. The topological polar surface area (TPSA) is 29.5 Å². The lowest BCUT2D eigenvalue weighted by atomic mass is 9.82. The Bertz CT molecular complexity index is 424. The van der Waals surface area contributed by atoms with Crippen LogP contribution in [-0.4, -0.2) is 24.1 Å². The molecule has 3 rings (SSSR count). The van der Waals surface area contributed by atoms with Gasteiger partial charge < -0.3 is 0 Å². The number of fused-ring (bicyclic) bond motifs is 1. The molecular formula is C14H17NO2. The Morgan fingerprint density at radius 2 is 2.18 bits per heavy atom. The van der Waals surface area contributed by atoms with Gasteiger partial charge in [0.1, 0.15) is 0 Å². The molecule has 1 fully saturated rings. The third-order valence-corrected chi connectivity index (χ3v) is 3.67. The van der Waals surface area contributed by atoms with Crippen molar-refractivity contribution in [2.75, 3.05) is 13.2 Å². The van der Waals surface area contributed by atoms with Gasteiger partial charge in [-0.25, -0.2) is 5.06 Å². The molecule has 0 spiro atoms. The molecule has 1 aliphatic carbocycles. The molecule has 3 nitrogen and oxygen atoms in total. The van der Waals surface area contributed by atoms with Gasteiger partial charge in [0.05, 0.1) is 19.1 Å². The Morgan fingerprint density at radius 3 is 3.00 bits per heavy atom. The lowest BCUT2D eigenvalue weighted by Gasteiger charge is -2.27. The number of hydrogen-bond donors (Lipinski definition) is 0. The van der Waals surface area contributed by atoms with E-state index in [0.29, 0.717) is 6.61 Å². The van der Waals surface area contributed by atoms with Crippen molar-refractivity contribution in [3.05, 3.63) is 35.4 Å². The predicted molar refractivity (Wildman–Crippen MR) is 64.4 cm³/mol. The minimum absolute atomic E-state index is 0.0121. The molecule has 1 heterocycles. The van der Waals surface area contributed by atoms with E-state index in [0.717, 1.165) is 32.2 Å². The molecule has 1 atom stereocenters. The van der Waals surface area contributed by atoms with Gasteiger partial charge in [0.2, 0.25) is 0 Å². The fourth-order valence-corrected chi connectivity index (χ4v) is 2.81. The van der Waals surface area contributed by atoms with Crippen LogP contribution in [0, 0.1) is 0 Å². The second-order valence-corrected chi connectivity index (χ2v) is 4.77. The summed E-state index contributed by atoms with van der Waals surface area (Å²) in [5.41, 5.74) is 2.54. The molecule has 1 aromatic rings. The minimum Gasteiger partial charge on any atom is -0.272 e. The highest BCUT2D eigenvalue weighted by atomic mass is 16.7. The zero-order valence-electron chi connectivity index (χ0n) is 9.89. The normalized spacial score (nSPS) is 23.5. The van der Waals surface area contributed by atoms with Crippen molar-refractivity contribution in [3.8, 4) is 0 Å². The Balaban J connectivity index is 1.86. The van der Waals surface area contributed by atoms with Crippen LogP contribution < -0.4 is 0 Å². The molecule has 2 aliphatic rings. The lowest BCUT2D eigenvalue weighted by Crippen LogP contribution is -2.33. The van der Waals surface area contributed by atoms with E-state index in [1.54, 1.807) is 5.06 Å². The number of rotatable bonds is 1. The maximum atomic E-state index is 12.4. The lowest BCUT2D eigenvalue weighted by molar-refractivity contribution is -0.170. The van der Waals surface area contributed by atoms with Crippen LogP contribution >= 0.6 is 0 Å². The Hall–Kier alpha value is -1.35. The molecule has 0 bridgehead atoms. The molecule has 90 valence electrons. The van der Waals surface area contributed by atoms with Crippen LogP contribution in [0.15, 0.2) is 24.3 Å². The van der Waals surface area contributed by atoms with E-state index in [1.165, 1.54) is 11.1 Å². The fraction of sp³-hybridized carbons (Fsp3) is 0.500. The maximum absolute atomic E-state index is 12.4. The summed E-state index contributed by atoms with van der Waals surface area (Å²) < 4.78 is 0. The van der Waals surface area contributed by atoms with Crippen molar-refractivity contribution in [1.29, 1.82) is 0 Å². The third kappa shape index (κ3) is 1.95. The summed E-state index contributed by atoms with van der Waals surface area (Å²) in [4.78, 5) is 17.7. The zero-order valence-corrected chi connectivity index (χ0v) is 9.89. The van der Waals surface area contributed by atoms with Gasteiger partial charge in [-0.3, -0.25) is 9.63 Å². The van der Waals surface area contributed by atoms with Gasteiger partial charge in [0.25, 0.3) is 5.91 Å². The van der Waals surface area contributed by atoms with Crippen LogP contribution in [0.4, 0.5) is 0 Å². The second-order valence-electron chi connectivity index (χ2n) is 4.77. The Labute approximate surface area is 101 Å². The van der Waals surface area contributed by atoms with E-state index in [9.17, 15) is 4.79 Å². The Morgan fingerprint density at radius 1 is 1.29 bits per heavy atom. The van der Waals surface area contributed by atoms with Gasteiger partial charge >= 0.3 is 0 Å². The van der Waals surface area contributed by atoms with Crippen molar-refractivity contribution < 1.29 is 9.63 Å². The average molecular weight is 231 g/mol. The molecule has 3 heteroatoms. The number of carbonyl (C=O) groups is 1. The molecule has 1 unspecified atom stereocenters. The van der Waals surface area contributed by atoms with Gasteiger partial charge in [-0.1, -0.05) is 24.3 Å². The van der Waals surface area contributed by atoms with Crippen LogP contribution in [-0.2, 0) is 16.1 Å². The number of aryl methyl sites for hydroxylation is 1. The summed E-state index contributed by atoms with van der Waals surface area (Å²) in [6, 6.07) is 8.31. The first-order chi connectivity index (χ1) is 8.36. The number of amides is 1. The van der Waals surface area contributed by atoms with Crippen LogP contribution in [0.2, 0.25) is 0 Å². The summed E-state index contributed by atoms with van der Waals surface area (Å²) in [5, 5.41) is 1.56. The van der Waals surface area contributed by atoms with Gasteiger partial charge in [-0.2, -0.15) is 0 Å². The van der Waals surface area contributed by atoms with E-state index in [-0.39, 0.29) is 11.8 Å². The second kappa shape index (κ2) is 4.49. The molecule has 1 saturated heterocycles. The molecule has 0 radical (unpaired) electrons. The highest BCUT2D eigenvalue weighted by Crippen LogP contribution is 2.33. The fourth-order valence-electron chi connectivity index (χ4n) is 2.81. The number of benzene rings is 1. The van der Waals surface area contributed by atoms with Gasteiger partial charge in [0, 0.05) is 0 Å². The molecule has 1 aliphatic heterocycles. The summed E-state index contributed by atoms with van der Waals surface area (Å²) >= 11 is 0. The van der Waals surface area contributed by atoms with Crippen molar-refractivity contribution in [2.24, 2.45) is 0 Å². The van der Waals surface area contributed by atoms with E-state index in [4.69, 9.17) is 4.84 Å². The largest absolute Gasteiger partial charge is 0.272 e. The molecule has 0 saturated carbocycles. The number of hydrogen-bond acceptors (Lipinski definition) is 2. The van der Waals surface area contributed by atoms with Gasteiger partial charge in [-0.15, -0.1) is 0 Å². The van der Waals surface area contributed by atoms with Crippen LogP contribution in [0.5, 0.6) is 0 Å². The summed E-state index contributed by atoms with van der Waals surface area (Å²) in [5.74, 6) is 0.160. The van der Waals surface area contributed by atoms with Crippen LogP contribution in [0.3, 0.4) is 0 Å². The first kappa shape index (κ1) is 10.8. The standard InChI is InChI=1S/C14H17NO2/c16-14(15-9-4-10-17-15)13-8-3-6-11-5-1-2-7-12(11)13/h1-2,5,7,13H,3-4,6,8-10H2. The minimum atomic E-state index is 0.0121. The molecule has 0 aromatic heterocycles. The molecule has 1 aromatic carbocycles. The van der Waals surface area contributed by atoms with E-state index >= 15 is 0 Å². The first-order valence-corrected chi connectivity index (χ1v) is 6.38. The van der Waals surface area contributed by atoms with Crippen molar-refractivity contribution in [2.45, 2.75) is 31.6 Å². The smallest absolute Gasteiger partial charge is 0.253 e. The number of hydroxylamine groups is 2. The molecular weight excluding hydrogens is 214 g/mol. The number of carbonyl (C=O) groups excluding carboxylic acids is 1.